The number of ketones is 1. The zero-order chi connectivity index (χ0) is 26.0. The molecule has 1 aliphatic carbocycles. The van der Waals surface area contributed by atoms with Crippen molar-refractivity contribution in [1.29, 1.82) is 0 Å². The first kappa shape index (κ1) is 25.7. The number of benzene rings is 2. The summed E-state index contributed by atoms with van der Waals surface area (Å²) in [4.78, 5) is 32.1. The van der Waals surface area contributed by atoms with Crippen molar-refractivity contribution < 1.29 is 23.8 Å². The van der Waals surface area contributed by atoms with Crippen LogP contribution in [-0.2, 0) is 14.3 Å². The highest BCUT2D eigenvalue weighted by molar-refractivity contribution is 6.09. The molecule has 0 amide bonds. The second-order valence-corrected chi connectivity index (χ2v) is 9.72. The van der Waals surface area contributed by atoms with Crippen molar-refractivity contribution in [3.63, 3.8) is 0 Å². The molecule has 6 heteroatoms. The van der Waals surface area contributed by atoms with Gasteiger partial charge in [0.15, 0.2) is 17.3 Å². The van der Waals surface area contributed by atoms with Crippen molar-refractivity contribution in [3.05, 3.63) is 70.4 Å². The van der Waals surface area contributed by atoms with E-state index < -0.39 is 11.8 Å². The molecular formula is C30H35NO5. The number of ether oxygens (including phenoxy) is 3. The standard InChI is InChI=1S/C30H35NO5/c1-7-18(3)36-30(33)27-19(4)31-23-14-21(20-12-13-25(34-5)26(16-20)35-6)15-24(32)29(23)28(27)22-11-9-8-10-17(22)2/h8-13,16,18,21,27-28H,7,14-15H2,1-6H3/t18-,21+,27?,28+/m0/s1. The van der Waals surface area contributed by atoms with Gasteiger partial charge in [-0.15, -0.1) is 0 Å². The molecule has 1 unspecified atom stereocenters. The lowest BCUT2D eigenvalue weighted by Crippen LogP contribution is -2.39. The number of hydrogen-bond donors (Lipinski definition) is 0. The molecule has 4 atom stereocenters. The molecule has 0 bridgehead atoms. The van der Waals surface area contributed by atoms with E-state index in [0.717, 1.165) is 28.8 Å². The minimum absolute atomic E-state index is 0.0295. The van der Waals surface area contributed by atoms with Gasteiger partial charge in [0.1, 0.15) is 5.92 Å². The van der Waals surface area contributed by atoms with Crippen molar-refractivity contribution >= 4 is 17.5 Å². The van der Waals surface area contributed by atoms with Crippen LogP contribution in [0.15, 0.2) is 58.7 Å². The highest BCUT2D eigenvalue weighted by Gasteiger charge is 2.45. The van der Waals surface area contributed by atoms with Gasteiger partial charge in [0, 0.05) is 29.3 Å². The van der Waals surface area contributed by atoms with Gasteiger partial charge in [-0.25, -0.2) is 0 Å². The summed E-state index contributed by atoms with van der Waals surface area (Å²) in [6.45, 7) is 7.77. The maximum absolute atomic E-state index is 13.8. The molecule has 190 valence electrons. The monoisotopic (exact) mass is 489 g/mol. The molecule has 2 aromatic rings. The number of nitrogens with zero attached hydrogens (tertiary/aromatic N) is 1. The van der Waals surface area contributed by atoms with Gasteiger partial charge in [-0.1, -0.05) is 37.3 Å². The summed E-state index contributed by atoms with van der Waals surface area (Å²) in [7, 11) is 3.21. The van der Waals surface area contributed by atoms with Crippen molar-refractivity contribution in [2.75, 3.05) is 14.2 Å². The highest BCUT2D eigenvalue weighted by atomic mass is 16.5. The molecule has 2 aromatic carbocycles. The molecule has 0 fully saturated rings. The van der Waals surface area contributed by atoms with Crippen molar-refractivity contribution in [2.24, 2.45) is 10.9 Å². The summed E-state index contributed by atoms with van der Waals surface area (Å²) in [6.07, 6.45) is 1.49. The number of allylic oxidation sites excluding steroid dienone is 2. The number of esters is 1. The molecule has 4 rings (SSSR count). The Bertz CT molecular complexity index is 1230. The number of rotatable bonds is 7. The molecule has 1 heterocycles. The molecule has 6 nitrogen and oxygen atoms in total. The van der Waals surface area contributed by atoms with E-state index in [2.05, 4.69) is 0 Å². The fourth-order valence-corrected chi connectivity index (χ4v) is 5.33. The van der Waals surface area contributed by atoms with E-state index in [1.165, 1.54) is 0 Å². The largest absolute Gasteiger partial charge is 0.493 e. The third kappa shape index (κ3) is 4.81. The molecule has 0 saturated carbocycles. The average Bonchev–Trinajstić information content (AvgIpc) is 2.87. The molecule has 0 aromatic heterocycles. The van der Waals surface area contributed by atoms with Crippen LogP contribution in [0, 0.1) is 12.8 Å². The lowest BCUT2D eigenvalue weighted by atomic mass is 9.68. The molecule has 0 saturated heterocycles. The molecule has 2 aliphatic rings. The van der Waals surface area contributed by atoms with Crippen LogP contribution >= 0.6 is 0 Å². The van der Waals surface area contributed by atoms with Gasteiger partial charge in [0.2, 0.25) is 0 Å². The molecule has 1 aliphatic heterocycles. The Labute approximate surface area is 213 Å². The molecule has 0 radical (unpaired) electrons. The maximum Gasteiger partial charge on any atom is 0.315 e. The number of aliphatic imine (C=N–C) groups is 1. The van der Waals surface area contributed by atoms with Gasteiger partial charge in [0.05, 0.1) is 20.3 Å². The van der Waals surface area contributed by atoms with Crippen molar-refractivity contribution in [2.45, 2.75) is 64.9 Å². The first-order chi connectivity index (χ1) is 17.3. The first-order valence-electron chi connectivity index (χ1n) is 12.6. The van der Waals surface area contributed by atoms with E-state index >= 15 is 0 Å². The second kappa shape index (κ2) is 10.7. The third-order valence-corrected chi connectivity index (χ3v) is 7.44. The minimum Gasteiger partial charge on any atom is -0.493 e. The number of Topliss-reactive ketones (excluding diaryl/α,β-unsaturated/α-hetero) is 1. The van der Waals surface area contributed by atoms with Crippen molar-refractivity contribution in [3.8, 4) is 11.5 Å². The summed E-state index contributed by atoms with van der Waals surface area (Å²) in [6, 6.07) is 13.8. The van der Waals surface area contributed by atoms with Crippen LogP contribution in [0.2, 0.25) is 0 Å². The van der Waals surface area contributed by atoms with Gasteiger partial charge >= 0.3 is 5.97 Å². The van der Waals surface area contributed by atoms with Gasteiger partial charge in [-0.3, -0.25) is 14.6 Å². The van der Waals surface area contributed by atoms with Crippen LogP contribution < -0.4 is 9.47 Å². The zero-order valence-electron chi connectivity index (χ0n) is 22.0. The Morgan fingerprint density at radius 2 is 1.78 bits per heavy atom. The Balaban J connectivity index is 1.78. The van der Waals surface area contributed by atoms with Gasteiger partial charge in [-0.05, 0) is 68.4 Å². The molecule has 36 heavy (non-hydrogen) atoms. The summed E-state index contributed by atoms with van der Waals surface area (Å²) in [5, 5.41) is 0. The Morgan fingerprint density at radius 3 is 2.44 bits per heavy atom. The first-order valence-corrected chi connectivity index (χ1v) is 12.6. The number of methoxy groups -OCH3 is 2. The van der Waals surface area contributed by atoms with Crippen molar-refractivity contribution in [1.82, 2.24) is 0 Å². The zero-order valence-corrected chi connectivity index (χ0v) is 22.0. The minimum atomic E-state index is -0.625. The molecule has 0 N–H and O–H groups in total. The Kier molecular flexibility index (Phi) is 7.62. The predicted octanol–water partition coefficient (Wildman–Crippen LogP) is 5.93. The number of carbonyl (C=O) groups excluding carboxylic acids is 2. The van der Waals surface area contributed by atoms with E-state index in [0.29, 0.717) is 35.6 Å². The quantitative estimate of drug-likeness (QED) is 0.451. The number of aryl methyl sites for hydroxylation is 1. The van der Waals surface area contributed by atoms with E-state index in [1.54, 1.807) is 14.2 Å². The van der Waals surface area contributed by atoms with Crippen LogP contribution in [-0.4, -0.2) is 37.8 Å². The fourth-order valence-electron chi connectivity index (χ4n) is 5.33. The third-order valence-electron chi connectivity index (χ3n) is 7.44. The molecule has 0 spiro atoms. The van der Waals surface area contributed by atoms with E-state index in [1.807, 2.05) is 70.2 Å². The van der Waals surface area contributed by atoms with Gasteiger partial charge in [-0.2, -0.15) is 0 Å². The van der Waals surface area contributed by atoms with Crippen LogP contribution in [0.1, 0.15) is 68.6 Å². The maximum atomic E-state index is 13.8. The van der Waals surface area contributed by atoms with E-state index in [4.69, 9.17) is 19.2 Å². The smallest absolute Gasteiger partial charge is 0.315 e. The second-order valence-electron chi connectivity index (χ2n) is 9.72. The SMILES string of the molecule is CC[C@H](C)OC(=O)C1C(C)=NC2=C(C(=O)C[C@H](c3ccc(OC)c(OC)c3)C2)[C@@H]1c1ccccc1C. The highest BCUT2D eigenvalue weighted by Crippen LogP contribution is 2.48. The lowest BCUT2D eigenvalue weighted by Gasteiger charge is -2.37. The normalized spacial score (nSPS) is 22.4. The summed E-state index contributed by atoms with van der Waals surface area (Å²) in [5.41, 5.74) is 5.13. The fraction of sp³-hybridized carbons (Fsp3) is 0.433. The summed E-state index contributed by atoms with van der Waals surface area (Å²) >= 11 is 0. The van der Waals surface area contributed by atoms with Crippen LogP contribution in [0.3, 0.4) is 0 Å². The van der Waals surface area contributed by atoms with Crippen LogP contribution in [0.25, 0.3) is 0 Å². The predicted molar refractivity (Wildman–Crippen MR) is 140 cm³/mol. The average molecular weight is 490 g/mol. The van der Waals surface area contributed by atoms with Gasteiger partial charge < -0.3 is 14.2 Å². The number of hydrogen-bond acceptors (Lipinski definition) is 6. The van der Waals surface area contributed by atoms with E-state index in [9.17, 15) is 9.59 Å². The Hall–Kier alpha value is -3.41. The Morgan fingerprint density at radius 1 is 1.06 bits per heavy atom. The van der Waals surface area contributed by atoms with E-state index in [-0.39, 0.29) is 23.8 Å². The summed E-state index contributed by atoms with van der Waals surface area (Å²) in [5.74, 6) is -0.0707. The van der Waals surface area contributed by atoms with Gasteiger partial charge in [0.25, 0.3) is 0 Å². The summed E-state index contributed by atoms with van der Waals surface area (Å²) < 4.78 is 16.6. The van der Waals surface area contributed by atoms with Crippen LogP contribution in [0.5, 0.6) is 11.5 Å². The lowest BCUT2D eigenvalue weighted by molar-refractivity contribution is -0.151. The molecular weight excluding hydrogens is 454 g/mol. The number of carbonyl (C=O) groups is 2. The van der Waals surface area contributed by atoms with Crippen LogP contribution in [0.4, 0.5) is 0 Å². The topological polar surface area (TPSA) is 74.2 Å².